The van der Waals surface area contributed by atoms with Crippen LogP contribution in [0.1, 0.15) is 46.5 Å². The Bertz CT molecular complexity index is 305. The molecule has 2 N–H and O–H groups in total. The number of aliphatic hydroxyl groups is 1. The Kier molecular flexibility index (Phi) is 4.31. The highest BCUT2D eigenvalue weighted by Crippen LogP contribution is 2.48. The van der Waals surface area contributed by atoms with Crippen molar-refractivity contribution in [3.05, 3.63) is 0 Å². The molecule has 3 nitrogen and oxygen atoms in total. The van der Waals surface area contributed by atoms with E-state index in [0.717, 1.165) is 6.42 Å². The van der Waals surface area contributed by atoms with E-state index in [1.54, 1.807) is 0 Å². The maximum Gasteiger partial charge on any atom is 0.223 e. The number of fused-ring (bicyclic) bond motifs is 2. The highest BCUT2D eigenvalue weighted by atomic mass is 16.3. The first kappa shape index (κ1) is 13.9. The molecule has 18 heavy (non-hydrogen) atoms. The third-order valence-electron chi connectivity index (χ3n) is 5.52. The lowest BCUT2D eigenvalue weighted by atomic mass is 9.84. The third-order valence-corrected chi connectivity index (χ3v) is 5.52. The quantitative estimate of drug-likeness (QED) is 0.789. The van der Waals surface area contributed by atoms with Gasteiger partial charge in [0.05, 0.1) is 0 Å². The summed E-state index contributed by atoms with van der Waals surface area (Å²) in [6, 6.07) is 0.229. The Labute approximate surface area is 110 Å². The van der Waals surface area contributed by atoms with Gasteiger partial charge in [-0.25, -0.2) is 0 Å². The molecule has 0 aromatic heterocycles. The summed E-state index contributed by atoms with van der Waals surface area (Å²) in [6.45, 7) is 6.51. The zero-order valence-corrected chi connectivity index (χ0v) is 11.9. The first-order valence-electron chi connectivity index (χ1n) is 7.49. The van der Waals surface area contributed by atoms with Crippen molar-refractivity contribution in [2.75, 3.05) is 6.61 Å². The van der Waals surface area contributed by atoms with E-state index < -0.39 is 0 Å². The molecule has 2 bridgehead atoms. The van der Waals surface area contributed by atoms with Crippen molar-refractivity contribution in [1.82, 2.24) is 5.32 Å². The summed E-state index contributed by atoms with van der Waals surface area (Å²) in [7, 11) is 0. The first-order valence-corrected chi connectivity index (χ1v) is 7.49. The number of carbonyl (C=O) groups excluding carboxylic acids is 1. The molecule has 0 aromatic carbocycles. The van der Waals surface area contributed by atoms with Crippen molar-refractivity contribution >= 4 is 5.91 Å². The second kappa shape index (κ2) is 5.60. The summed E-state index contributed by atoms with van der Waals surface area (Å²) in [5.41, 5.74) is 0. The van der Waals surface area contributed by atoms with E-state index in [2.05, 4.69) is 19.2 Å². The number of hydrogen-bond donors (Lipinski definition) is 2. The summed E-state index contributed by atoms with van der Waals surface area (Å²) in [6.07, 6.45) is 4.70. The minimum absolute atomic E-state index is 0.0773. The summed E-state index contributed by atoms with van der Waals surface area (Å²) in [5.74, 6) is 2.24. The Balaban J connectivity index is 1.94. The topological polar surface area (TPSA) is 49.3 Å². The van der Waals surface area contributed by atoms with Crippen LogP contribution in [0.25, 0.3) is 0 Å². The first-order chi connectivity index (χ1) is 8.58. The zero-order valence-electron chi connectivity index (χ0n) is 11.9. The van der Waals surface area contributed by atoms with Crippen LogP contribution in [0.5, 0.6) is 0 Å². The summed E-state index contributed by atoms with van der Waals surface area (Å²) >= 11 is 0. The Morgan fingerprint density at radius 2 is 2.00 bits per heavy atom. The minimum Gasteiger partial charge on any atom is -0.396 e. The number of aliphatic hydroxyl groups excluding tert-OH is 1. The second-order valence-electron chi connectivity index (χ2n) is 6.39. The van der Waals surface area contributed by atoms with Crippen molar-refractivity contribution in [3.8, 4) is 0 Å². The predicted molar refractivity (Wildman–Crippen MR) is 72.0 cm³/mol. The highest BCUT2D eigenvalue weighted by molar-refractivity contribution is 5.79. The monoisotopic (exact) mass is 253 g/mol. The molecule has 6 unspecified atom stereocenters. The maximum absolute atomic E-state index is 12.2. The Morgan fingerprint density at radius 3 is 2.61 bits per heavy atom. The lowest BCUT2D eigenvalue weighted by molar-refractivity contribution is -0.127. The van der Waals surface area contributed by atoms with Gasteiger partial charge in [0.25, 0.3) is 0 Å². The normalized spacial score (nSPS) is 37.6. The predicted octanol–water partition coefficient (Wildman–Crippen LogP) is 2.19. The largest absolute Gasteiger partial charge is 0.396 e. The van der Waals surface area contributed by atoms with Gasteiger partial charge in [0.15, 0.2) is 0 Å². The lowest BCUT2D eigenvalue weighted by Gasteiger charge is -2.32. The van der Waals surface area contributed by atoms with Gasteiger partial charge >= 0.3 is 0 Å². The van der Waals surface area contributed by atoms with Gasteiger partial charge in [-0.15, -0.1) is 0 Å². The molecule has 2 aliphatic rings. The van der Waals surface area contributed by atoms with Crippen molar-refractivity contribution in [3.63, 3.8) is 0 Å². The average Bonchev–Trinajstić information content (AvgIpc) is 2.97. The molecule has 2 aliphatic carbocycles. The Morgan fingerprint density at radius 1 is 1.33 bits per heavy atom. The van der Waals surface area contributed by atoms with E-state index in [1.807, 2.05) is 6.92 Å². The fourth-order valence-corrected chi connectivity index (χ4v) is 3.81. The van der Waals surface area contributed by atoms with Crippen LogP contribution in [0.2, 0.25) is 0 Å². The zero-order chi connectivity index (χ0) is 13.3. The standard InChI is InChI=1S/C15H27NO2/c1-4-9(2)10(3)15(18)16-14-12-6-5-11(7-12)13(14)8-17/h9-14,17H,4-8H2,1-3H3,(H,16,18). The van der Waals surface area contributed by atoms with E-state index in [9.17, 15) is 9.90 Å². The molecule has 104 valence electrons. The van der Waals surface area contributed by atoms with Gasteiger partial charge in [0.1, 0.15) is 0 Å². The van der Waals surface area contributed by atoms with Crippen LogP contribution in [0.3, 0.4) is 0 Å². The number of rotatable bonds is 5. The Hall–Kier alpha value is -0.570. The van der Waals surface area contributed by atoms with Gasteiger partial charge < -0.3 is 10.4 Å². The second-order valence-corrected chi connectivity index (χ2v) is 6.39. The van der Waals surface area contributed by atoms with Crippen molar-refractivity contribution in [2.45, 2.75) is 52.5 Å². The SMILES string of the molecule is CCC(C)C(C)C(=O)NC1C2CCC(C2)C1CO. The highest BCUT2D eigenvalue weighted by Gasteiger charge is 2.47. The molecule has 0 aromatic rings. The number of carbonyl (C=O) groups is 1. The molecular formula is C15H27NO2. The number of amides is 1. The van der Waals surface area contributed by atoms with Gasteiger partial charge in [0, 0.05) is 24.5 Å². The van der Waals surface area contributed by atoms with Crippen LogP contribution in [-0.2, 0) is 4.79 Å². The van der Waals surface area contributed by atoms with Crippen LogP contribution in [0, 0.1) is 29.6 Å². The smallest absolute Gasteiger partial charge is 0.223 e. The van der Waals surface area contributed by atoms with Crippen molar-refractivity contribution < 1.29 is 9.90 Å². The molecule has 2 rings (SSSR count). The summed E-state index contributed by atoms with van der Waals surface area (Å²) in [5, 5.41) is 12.7. The average molecular weight is 253 g/mol. The van der Waals surface area contributed by atoms with E-state index in [0.29, 0.717) is 23.7 Å². The molecule has 0 radical (unpaired) electrons. The van der Waals surface area contributed by atoms with Gasteiger partial charge in [-0.2, -0.15) is 0 Å². The van der Waals surface area contributed by atoms with Crippen LogP contribution in [-0.4, -0.2) is 23.7 Å². The van der Waals surface area contributed by atoms with Crippen molar-refractivity contribution in [1.29, 1.82) is 0 Å². The fraction of sp³-hybridized carbons (Fsp3) is 0.933. The maximum atomic E-state index is 12.2. The molecule has 0 heterocycles. The van der Waals surface area contributed by atoms with Gasteiger partial charge in [-0.3, -0.25) is 4.79 Å². The van der Waals surface area contributed by atoms with E-state index >= 15 is 0 Å². The molecule has 0 aliphatic heterocycles. The van der Waals surface area contributed by atoms with Crippen LogP contribution >= 0.6 is 0 Å². The molecule has 1 amide bonds. The molecule has 6 atom stereocenters. The van der Waals surface area contributed by atoms with Crippen LogP contribution in [0.15, 0.2) is 0 Å². The van der Waals surface area contributed by atoms with E-state index in [4.69, 9.17) is 0 Å². The summed E-state index contributed by atoms with van der Waals surface area (Å²) in [4.78, 5) is 12.2. The minimum atomic E-state index is 0.0773. The summed E-state index contributed by atoms with van der Waals surface area (Å²) < 4.78 is 0. The number of hydrogen-bond acceptors (Lipinski definition) is 2. The molecule has 0 spiro atoms. The lowest BCUT2D eigenvalue weighted by Crippen LogP contribution is -2.47. The molecule has 2 fully saturated rings. The van der Waals surface area contributed by atoms with Gasteiger partial charge in [-0.05, 0) is 37.0 Å². The number of nitrogens with one attached hydrogen (secondary N) is 1. The third kappa shape index (κ3) is 2.42. The van der Waals surface area contributed by atoms with E-state index in [1.165, 1.54) is 19.3 Å². The molecule has 3 heteroatoms. The van der Waals surface area contributed by atoms with Gasteiger partial charge in [-0.1, -0.05) is 27.2 Å². The van der Waals surface area contributed by atoms with Crippen molar-refractivity contribution in [2.24, 2.45) is 29.6 Å². The van der Waals surface area contributed by atoms with E-state index in [-0.39, 0.29) is 24.5 Å². The molecule has 2 saturated carbocycles. The fourth-order valence-electron chi connectivity index (χ4n) is 3.81. The van der Waals surface area contributed by atoms with Crippen LogP contribution < -0.4 is 5.32 Å². The van der Waals surface area contributed by atoms with Gasteiger partial charge in [0.2, 0.25) is 5.91 Å². The molecular weight excluding hydrogens is 226 g/mol. The molecule has 0 saturated heterocycles. The van der Waals surface area contributed by atoms with Crippen LogP contribution in [0.4, 0.5) is 0 Å².